The van der Waals surface area contributed by atoms with Gasteiger partial charge in [-0.25, -0.2) is 8.42 Å². The van der Waals surface area contributed by atoms with Gasteiger partial charge >= 0.3 is 0 Å². The van der Waals surface area contributed by atoms with Crippen LogP contribution in [0.3, 0.4) is 0 Å². The molecule has 128 valence electrons. The molecule has 0 aliphatic rings. The van der Waals surface area contributed by atoms with Crippen molar-refractivity contribution in [3.8, 4) is 0 Å². The van der Waals surface area contributed by atoms with Crippen LogP contribution in [0.25, 0.3) is 0 Å². The highest BCUT2D eigenvalue weighted by molar-refractivity contribution is 14.1. The number of carbonyl (C=O) groups excluding carboxylic acids is 1. The monoisotopic (exact) mass is 458 g/mol. The van der Waals surface area contributed by atoms with Crippen LogP contribution in [0.1, 0.15) is 11.1 Å². The molecule has 0 heterocycles. The maximum Gasteiger partial charge on any atom is 0.241 e. The van der Waals surface area contributed by atoms with E-state index >= 15 is 0 Å². The Morgan fingerprint density at radius 1 is 1.08 bits per heavy atom. The van der Waals surface area contributed by atoms with Gasteiger partial charge in [-0.05, 0) is 59.3 Å². The zero-order valence-corrected chi connectivity index (χ0v) is 16.5. The lowest BCUT2D eigenvalue weighted by Crippen LogP contribution is -2.40. The molecule has 0 saturated carbocycles. The first kappa shape index (κ1) is 18.7. The van der Waals surface area contributed by atoms with Crippen LogP contribution in [-0.4, -0.2) is 27.1 Å². The standard InChI is InChI=1S/C17H19IN2O3S/c1-13-3-5-14(6-4-13)11-19-17(21)12-20(24(2,22)23)16-9-7-15(18)8-10-16/h3-10H,11-12H2,1-2H3,(H,19,21). The van der Waals surface area contributed by atoms with E-state index in [1.807, 2.05) is 31.2 Å². The third-order valence-corrected chi connectivity index (χ3v) is 5.27. The fraction of sp³-hybridized carbons (Fsp3) is 0.235. The van der Waals surface area contributed by atoms with Crippen LogP contribution < -0.4 is 9.62 Å². The molecular formula is C17H19IN2O3S. The number of hydrogen-bond donors (Lipinski definition) is 1. The molecule has 5 nitrogen and oxygen atoms in total. The molecule has 7 heteroatoms. The summed E-state index contributed by atoms with van der Waals surface area (Å²) >= 11 is 2.14. The van der Waals surface area contributed by atoms with Gasteiger partial charge in [0.1, 0.15) is 6.54 Å². The molecule has 0 radical (unpaired) electrons. The topological polar surface area (TPSA) is 66.5 Å². The predicted octanol–water partition coefficient (Wildman–Crippen LogP) is 2.68. The van der Waals surface area contributed by atoms with Gasteiger partial charge in [0.05, 0.1) is 11.9 Å². The number of rotatable bonds is 6. The van der Waals surface area contributed by atoms with Crippen molar-refractivity contribution in [3.63, 3.8) is 0 Å². The molecule has 0 spiro atoms. The van der Waals surface area contributed by atoms with Gasteiger partial charge in [0.25, 0.3) is 0 Å². The van der Waals surface area contributed by atoms with E-state index in [1.165, 1.54) is 0 Å². The predicted molar refractivity (Wildman–Crippen MR) is 104 cm³/mol. The Kier molecular flexibility index (Phi) is 6.22. The Balaban J connectivity index is 2.05. The summed E-state index contributed by atoms with van der Waals surface area (Å²) in [7, 11) is -3.54. The van der Waals surface area contributed by atoms with Gasteiger partial charge in [-0.15, -0.1) is 0 Å². The molecule has 0 aromatic heterocycles. The fourth-order valence-corrected chi connectivity index (χ4v) is 3.32. The first-order valence-corrected chi connectivity index (χ1v) is 10.2. The minimum absolute atomic E-state index is 0.245. The summed E-state index contributed by atoms with van der Waals surface area (Å²) in [5.74, 6) is -0.348. The lowest BCUT2D eigenvalue weighted by molar-refractivity contribution is -0.119. The number of nitrogens with zero attached hydrogens (tertiary/aromatic N) is 1. The Labute approximate surface area is 156 Å². The average Bonchev–Trinajstić information content (AvgIpc) is 2.52. The van der Waals surface area contributed by atoms with Crippen molar-refractivity contribution in [3.05, 3.63) is 63.2 Å². The number of carbonyl (C=O) groups is 1. The number of hydrogen-bond acceptors (Lipinski definition) is 3. The van der Waals surface area contributed by atoms with Crippen molar-refractivity contribution in [1.82, 2.24) is 5.32 Å². The van der Waals surface area contributed by atoms with Crippen molar-refractivity contribution in [2.24, 2.45) is 0 Å². The maximum atomic E-state index is 12.2. The van der Waals surface area contributed by atoms with Gasteiger partial charge in [-0.3, -0.25) is 9.10 Å². The Bertz CT molecular complexity index is 803. The molecule has 1 amide bonds. The second kappa shape index (κ2) is 7.98. The summed E-state index contributed by atoms with van der Waals surface area (Å²) in [6.45, 7) is 2.11. The van der Waals surface area contributed by atoms with E-state index in [0.717, 1.165) is 25.3 Å². The number of aryl methyl sites for hydroxylation is 1. The Morgan fingerprint density at radius 2 is 1.67 bits per heavy atom. The molecule has 0 saturated heterocycles. The highest BCUT2D eigenvalue weighted by Crippen LogP contribution is 2.18. The number of anilines is 1. The van der Waals surface area contributed by atoms with Gasteiger partial charge in [0.15, 0.2) is 0 Å². The first-order chi connectivity index (χ1) is 11.3. The van der Waals surface area contributed by atoms with Crippen molar-refractivity contribution in [2.45, 2.75) is 13.5 Å². The fourth-order valence-electron chi connectivity index (χ4n) is 2.10. The Morgan fingerprint density at radius 3 is 2.21 bits per heavy atom. The molecule has 1 N–H and O–H groups in total. The highest BCUT2D eigenvalue weighted by atomic mass is 127. The minimum Gasteiger partial charge on any atom is -0.350 e. The highest BCUT2D eigenvalue weighted by Gasteiger charge is 2.20. The molecule has 0 aliphatic carbocycles. The lowest BCUT2D eigenvalue weighted by Gasteiger charge is -2.22. The van der Waals surface area contributed by atoms with Crippen LogP contribution in [0.5, 0.6) is 0 Å². The summed E-state index contributed by atoms with van der Waals surface area (Å²) in [5, 5.41) is 2.76. The van der Waals surface area contributed by atoms with Gasteiger partial charge < -0.3 is 5.32 Å². The van der Waals surface area contributed by atoms with E-state index in [9.17, 15) is 13.2 Å². The molecule has 0 unspecified atom stereocenters. The second-order valence-electron chi connectivity index (χ2n) is 5.51. The number of halogens is 1. The van der Waals surface area contributed by atoms with E-state index in [4.69, 9.17) is 0 Å². The molecule has 0 atom stereocenters. The summed E-state index contributed by atoms with van der Waals surface area (Å²) in [4.78, 5) is 12.2. The number of benzene rings is 2. The second-order valence-corrected chi connectivity index (χ2v) is 8.66. The van der Waals surface area contributed by atoms with E-state index < -0.39 is 10.0 Å². The van der Waals surface area contributed by atoms with Crippen LogP contribution in [-0.2, 0) is 21.4 Å². The van der Waals surface area contributed by atoms with E-state index in [1.54, 1.807) is 24.3 Å². The SMILES string of the molecule is Cc1ccc(CNC(=O)CN(c2ccc(I)cc2)S(C)(=O)=O)cc1. The third kappa shape index (κ3) is 5.48. The van der Waals surface area contributed by atoms with E-state index in [2.05, 4.69) is 27.9 Å². The number of nitrogens with one attached hydrogen (secondary N) is 1. The molecule has 2 aromatic carbocycles. The van der Waals surface area contributed by atoms with E-state index in [0.29, 0.717) is 12.2 Å². The first-order valence-electron chi connectivity index (χ1n) is 7.31. The van der Waals surface area contributed by atoms with Crippen molar-refractivity contribution in [1.29, 1.82) is 0 Å². The maximum absolute atomic E-state index is 12.2. The average molecular weight is 458 g/mol. The van der Waals surface area contributed by atoms with E-state index in [-0.39, 0.29) is 12.5 Å². The Hall–Kier alpha value is -1.61. The molecule has 2 aromatic rings. The van der Waals surface area contributed by atoms with Crippen LogP contribution in [0.4, 0.5) is 5.69 Å². The van der Waals surface area contributed by atoms with Crippen molar-refractivity contribution in [2.75, 3.05) is 17.1 Å². The summed E-state index contributed by atoms with van der Waals surface area (Å²) in [6.07, 6.45) is 1.10. The largest absolute Gasteiger partial charge is 0.350 e. The molecular weight excluding hydrogens is 439 g/mol. The minimum atomic E-state index is -3.54. The quantitative estimate of drug-likeness (QED) is 0.678. The third-order valence-electron chi connectivity index (χ3n) is 3.41. The smallest absolute Gasteiger partial charge is 0.241 e. The number of sulfonamides is 1. The lowest BCUT2D eigenvalue weighted by atomic mass is 10.1. The van der Waals surface area contributed by atoms with Gasteiger partial charge in [-0.1, -0.05) is 29.8 Å². The van der Waals surface area contributed by atoms with Gasteiger partial charge in [0, 0.05) is 10.1 Å². The van der Waals surface area contributed by atoms with Crippen LogP contribution >= 0.6 is 22.6 Å². The van der Waals surface area contributed by atoms with Gasteiger partial charge in [-0.2, -0.15) is 0 Å². The number of amides is 1. The molecule has 0 aliphatic heterocycles. The molecule has 2 rings (SSSR count). The zero-order valence-electron chi connectivity index (χ0n) is 13.5. The van der Waals surface area contributed by atoms with Crippen LogP contribution in [0.2, 0.25) is 0 Å². The van der Waals surface area contributed by atoms with Gasteiger partial charge in [0.2, 0.25) is 15.9 Å². The summed E-state index contributed by atoms with van der Waals surface area (Å²) < 4.78 is 26.1. The van der Waals surface area contributed by atoms with Crippen molar-refractivity contribution >= 4 is 44.2 Å². The van der Waals surface area contributed by atoms with Crippen molar-refractivity contribution < 1.29 is 13.2 Å². The summed E-state index contributed by atoms with van der Waals surface area (Å²) in [6, 6.07) is 14.8. The molecule has 0 bridgehead atoms. The summed E-state index contributed by atoms with van der Waals surface area (Å²) in [5.41, 5.74) is 2.59. The molecule has 24 heavy (non-hydrogen) atoms. The van der Waals surface area contributed by atoms with Crippen LogP contribution in [0, 0.1) is 10.5 Å². The molecule has 0 fully saturated rings. The van der Waals surface area contributed by atoms with Crippen LogP contribution in [0.15, 0.2) is 48.5 Å². The zero-order chi connectivity index (χ0) is 17.7. The normalized spacial score (nSPS) is 11.1.